The van der Waals surface area contributed by atoms with Crippen molar-refractivity contribution in [1.29, 1.82) is 0 Å². The molecule has 4 rings (SSSR count). The van der Waals surface area contributed by atoms with Gasteiger partial charge in [0.15, 0.2) is 0 Å². The highest BCUT2D eigenvalue weighted by atomic mass is 35.5. The van der Waals surface area contributed by atoms with Crippen molar-refractivity contribution >= 4 is 41.5 Å². The van der Waals surface area contributed by atoms with E-state index in [1.54, 1.807) is 12.1 Å². The van der Waals surface area contributed by atoms with Gasteiger partial charge in [0.25, 0.3) is 0 Å². The van der Waals surface area contributed by atoms with E-state index < -0.39 is 0 Å². The van der Waals surface area contributed by atoms with Gasteiger partial charge in [-0.1, -0.05) is 12.8 Å². The number of amides is 3. The maximum atomic E-state index is 12.6. The Morgan fingerprint density at radius 2 is 1.85 bits per heavy atom. The first kappa shape index (κ1) is 19.8. The average Bonchev–Trinajstić information content (AvgIpc) is 3.19. The third kappa shape index (κ3) is 3.87. The lowest BCUT2D eigenvalue weighted by molar-refractivity contribution is -0.121. The summed E-state index contributed by atoms with van der Waals surface area (Å²) in [6, 6.07) is 5.68. The van der Waals surface area contributed by atoms with Gasteiger partial charge in [-0.25, -0.2) is 0 Å². The molecule has 0 aromatic heterocycles. The molecule has 2 heterocycles. The zero-order valence-electron chi connectivity index (χ0n) is 15.5. The first-order valence-electron chi connectivity index (χ1n) is 9.56. The van der Waals surface area contributed by atoms with Gasteiger partial charge in [-0.2, -0.15) is 0 Å². The number of fused-ring (bicyclic) bond motifs is 1. The van der Waals surface area contributed by atoms with Crippen LogP contribution in [0.2, 0.25) is 0 Å². The number of nitrogens with one attached hydrogen (secondary N) is 2. The number of hydrogen-bond acceptors (Lipinski definition) is 4. The predicted octanol–water partition coefficient (Wildman–Crippen LogP) is 2.93. The molecule has 3 fully saturated rings. The first-order valence-corrected chi connectivity index (χ1v) is 9.56. The molecule has 1 aliphatic carbocycles. The highest BCUT2D eigenvalue weighted by molar-refractivity contribution is 6.20. The SMILES string of the molecule is Cc1cc(NC(=O)C2CC3CCCCC3N2)ccc1N1C(=O)CCC1=O.Cl. The minimum absolute atomic E-state index is 0. The molecule has 3 amide bonds. The lowest BCUT2D eigenvalue weighted by Crippen LogP contribution is -2.39. The third-order valence-corrected chi connectivity index (χ3v) is 5.94. The van der Waals surface area contributed by atoms with Gasteiger partial charge in [0.2, 0.25) is 17.7 Å². The van der Waals surface area contributed by atoms with E-state index in [0.29, 0.717) is 23.3 Å². The van der Waals surface area contributed by atoms with Crippen LogP contribution in [-0.2, 0) is 14.4 Å². The van der Waals surface area contributed by atoms with Crippen LogP contribution in [0, 0.1) is 12.8 Å². The fraction of sp³-hybridized carbons (Fsp3) is 0.550. The molecule has 2 saturated heterocycles. The van der Waals surface area contributed by atoms with Crippen molar-refractivity contribution in [2.24, 2.45) is 5.92 Å². The van der Waals surface area contributed by atoms with Crippen molar-refractivity contribution < 1.29 is 14.4 Å². The fourth-order valence-corrected chi connectivity index (χ4v) is 4.58. The number of carbonyl (C=O) groups is 3. The van der Waals surface area contributed by atoms with Crippen LogP contribution in [-0.4, -0.2) is 29.8 Å². The molecular formula is C20H26ClN3O3. The van der Waals surface area contributed by atoms with Gasteiger partial charge in [-0.15, -0.1) is 12.4 Å². The average molecular weight is 392 g/mol. The zero-order valence-corrected chi connectivity index (χ0v) is 16.3. The Labute approximate surface area is 165 Å². The number of halogens is 1. The first-order chi connectivity index (χ1) is 12.5. The molecule has 6 nitrogen and oxygen atoms in total. The summed E-state index contributed by atoms with van der Waals surface area (Å²) >= 11 is 0. The van der Waals surface area contributed by atoms with E-state index in [-0.39, 0.29) is 49.0 Å². The number of carbonyl (C=O) groups excluding carboxylic acids is 3. The second kappa shape index (κ2) is 7.98. The molecule has 0 bridgehead atoms. The molecule has 3 aliphatic rings. The number of aryl methyl sites for hydroxylation is 1. The summed E-state index contributed by atoms with van der Waals surface area (Å²) in [5.41, 5.74) is 2.12. The van der Waals surface area contributed by atoms with E-state index in [1.807, 2.05) is 13.0 Å². The number of nitrogens with zero attached hydrogens (tertiary/aromatic N) is 1. The van der Waals surface area contributed by atoms with Gasteiger partial charge >= 0.3 is 0 Å². The van der Waals surface area contributed by atoms with Gasteiger partial charge in [0, 0.05) is 24.6 Å². The minimum Gasteiger partial charge on any atom is -0.325 e. The largest absolute Gasteiger partial charge is 0.325 e. The Kier molecular flexibility index (Phi) is 5.86. The van der Waals surface area contributed by atoms with E-state index in [0.717, 1.165) is 12.0 Å². The van der Waals surface area contributed by atoms with Crippen LogP contribution in [0.15, 0.2) is 18.2 Å². The lowest BCUT2D eigenvalue weighted by Gasteiger charge is -2.24. The number of rotatable bonds is 3. The number of hydrogen-bond donors (Lipinski definition) is 2. The molecule has 3 atom stereocenters. The van der Waals surface area contributed by atoms with Gasteiger partial charge in [0.05, 0.1) is 11.7 Å². The molecular weight excluding hydrogens is 366 g/mol. The van der Waals surface area contributed by atoms with Crippen LogP contribution in [0.4, 0.5) is 11.4 Å². The summed E-state index contributed by atoms with van der Waals surface area (Å²) in [6.45, 7) is 1.85. The number of benzene rings is 1. The highest BCUT2D eigenvalue weighted by Gasteiger charge is 2.38. The molecule has 3 unspecified atom stereocenters. The summed E-state index contributed by atoms with van der Waals surface area (Å²) in [7, 11) is 0. The molecule has 146 valence electrons. The van der Waals surface area contributed by atoms with Crippen molar-refractivity contribution in [2.45, 2.75) is 64.0 Å². The Morgan fingerprint density at radius 3 is 2.52 bits per heavy atom. The van der Waals surface area contributed by atoms with Gasteiger partial charge in [0.1, 0.15) is 0 Å². The second-order valence-corrected chi connectivity index (χ2v) is 7.72. The number of anilines is 2. The monoisotopic (exact) mass is 391 g/mol. The fourth-order valence-electron chi connectivity index (χ4n) is 4.58. The Hall–Kier alpha value is -1.92. The quantitative estimate of drug-likeness (QED) is 0.776. The normalized spacial score (nSPS) is 27.3. The summed E-state index contributed by atoms with van der Waals surface area (Å²) in [4.78, 5) is 37.7. The van der Waals surface area contributed by atoms with Gasteiger partial charge < -0.3 is 10.6 Å². The van der Waals surface area contributed by atoms with Crippen molar-refractivity contribution in [2.75, 3.05) is 10.2 Å². The molecule has 1 aromatic carbocycles. The molecule has 0 radical (unpaired) electrons. The van der Waals surface area contributed by atoms with E-state index in [9.17, 15) is 14.4 Å². The van der Waals surface area contributed by atoms with Crippen LogP contribution in [0.25, 0.3) is 0 Å². The minimum atomic E-state index is -0.160. The Balaban J connectivity index is 0.00000210. The Bertz CT molecular complexity index is 737. The number of imide groups is 1. The van der Waals surface area contributed by atoms with Crippen LogP contribution < -0.4 is 15.5 Å². The maximum Gasteiger partial charge on any atom is 0.241 e. The molecule has 2 aliphatic heterocycles. The zero-order chi connectivity index (χ0) is 18.3. The van der Waals surface area contributed by atoms with E-state index in [1.165, 1.54) is 30.6 Å². The summed E-state index contributed by atoms with van der Waals surface area (Å²) in [5, 5.41) is 6.47. The third-order valence-electron chi connectivity index (χ3n) is 5.94. The van der Waals surface area contributed by atoms with Crippen molar-refractivity contribution in [3.8, 4) is 0 Å². The summed E-state index contributed by atoms with van der Waals surface area (Å²) in [6.07, 6.45) is 6.35. The standard InChI is InChI=1S/C20H25N3O3.ClH/c1-12-10-14(6-7-17(12)23-18(24)8-9-19(23)25)21-20(26)16-11-13-4-2-3-5-15(13)22-16;/h6-7,10,13,15-16,22H,2-5,8-9,11H2,1H3,(H,21,26);1H. The molecule has 7 heteroatoms. The maximum absolute atomic E-state index is 12.6. The van der Waals surface area contributed by atoms with Crippen molar-refractivity contribution in [3.05, 3.63) is 23.8 Å². The van der Waals surface area contributed by atoms with Crippen LogP contribution in [0.1, 0.15) is 50.5 Å². The van der Waals surface area contributed by atoms with Crippen LogP contribution in [0.5, 0.6) is 0 Å². The van der Waals surface area contributed by atoms with Crippen LogP contribution >= 0.6 is 12.4 Å². The van der Waals surface area contributed by atoms with Crippen molar-refractivity contribution in [1.82, 2.24) is 5.32 Å². The van der Waals surface area contributed by atoms with E-state index >= 15 is 0 Å². The van der Waals surface area contributed by atoms with E-state index in [2.05, 4.69) is 10.6 Å². The van der Waals surface area contributed by atoms with Crippen LogP contribution in [0.3, 0.4) is 0 Å². The topological polar surface area (TPSA) is 78.5 Å². The smallest absolute Gasteiger partial charge is 0.241 e. The molecule has 1 saturated carbocycles. The highest BCUT2D eigenvalue weighted by Crippen LogP contribution is 2.34. The summed E-state index contributed by atoms with van der Waals surface area (Å²) in [5.74, 6) is 0.302. The van der Waals surface area contributed by atoms with Gasteiger partial charge in [-0.05, 0) is 55.9 Å². The molecule has 27 heavy (non-hydrogen) atoms. The second-order valence-electron chi connectivity index (χ2n) is 7.72. The molecule has 0 spiro atoms. The molecule has 1 aromatic rings. The Morgan fingerprint density at radius 1 is 1.15 bits per heavy atom. The van der Waals surface area contributed by atoms with Gasteiger partial charge in [-0.3, -0.25) is 19.3 Å². The lowest BCUT2D eigenvalue weighted by atomic mass is 9.85. The summed E-state index contributed by atoms with van der Waals surface area (Å²) < 4.78 is 0. The molecule has 2 N–H and O–H groups in total. The van der Waals surface area contributed by atoms with Crippen molar-refractivity contribution in [3.63, 3.8) is 0 Å². The predicted molar refractivity (Wildman–Crippen MR) is 106 cm³/mol. The van der Waals surface area contributed by atoms with E-state index in [4.69, 9.17) is 0 Å².